The number of furan rings is 1. The van der Waals surface area contributed by atoms with Crippen LogP contribution >= 0.6 is 0 Å². The molecule has 3 rings (SSSR count). The van der Waals surface area contributed by atoms with Gasteiger partial charge in [0.2, 0.25) is 0 Å². The Kier molecular flexibility index (Phi) is 5.10. The van der Waals surface area contributed by atoms with Crippen LogP contribution in [0.1, 0.15) is 16.1 Å². The molecule has 0 atom stereocenters. The molecule has 0 saturated carbocycles. The first-order valence-corrected chi connectivity index (χ1v) is 7.97. The van der Waals surface area contributed by atoms with Crippen molar-refractivity contribution in [2.24, 2.45) is 0 Å². The molecule has 1 aromatic heterocycles. The summed E-state index contributed by atoms with van der Waals surface area (Å²) in [6.45, 7) is 6.86. The topological polar surface area (TPSA) is 54.7 Å². The highest BCUT2D eigenvalue weighted by molar-refractivity contribution is 5.94. The summed E-state index contributed by atoms with van der Waals surface area (Å²) in [6, 6.07) is 11.4. The van der Waals surface area contributed by atoms with Crippen LogP contribution in [0.4, 0.5) is 0 Å². The molecule has 1 fully saturated rings. The summed E-state index contributed by atoms with van der Waals surface area (Å²) in [7, 11) is 0. The van der Waals surface area contributed by atoms with Crippen molar-refractivity contribution >= 4 is 5.91 Å². The molecule has 122 valence electrons. The zero-order chi connectivity index (χ0) is 16.1. The van der Waals surface area contributed by atoms with E-state index in [-0.39, 0.29) is 5.91 Å². The zero-order valence-electron chi connectivity index (χ0n) is 13.4. The van der Waals surface area contributed by atoms with Gasteiger partial charge in [-0.25, -0.2) is 0 Å². The van der Waals surface area contributed by atoms with Gasteiger partial charge < -0.3 is 14.5 Å². The van der Waals surface area contributed by atoms with Crippen molar-refractivity contribution in [3.8, 4) is 11.3 Å². The maximum absolute atomic E-state index is 12.2. The molecule has 0 aliphatic carbocycles. The van der Waals surface area contributed by atoms with Gasteiger partial charge in [0.05, 0.1) is 13.2 Å². The molecule has 1 amide bonds. The molecule has 23 heavy (non-hydrogen) atoms. The second-order valence-corrected chi connectivity index (χ2v) is 5.70. The number of benzene rings is 1. The van der Waals surface area contributed by atoms with E-state index in [9.17, 15) is 4.79 Å². The highest BCUT2D eigenvalue weighted by Crippen LogP contribution is 2.22. The summed E-state index contributed by atoms with van der Waals surface area (Å²) < 4.78 is 10.9. The van der Waals surface area contributed by atoms with Gasteiger partial charge in [0.1, 0.15) is 11.5 Å². The number of aryl methyl sites for hydroxylation is 1. The van der Waals surface area contributed by atoms with E-state index >= 15 is 0 Å². The molecule has 0 spiro atoms. The van der Waals surface area contributed by atoms with Gasteiger partial charge in [-0.05, 0) is 31.2 Å². The number of carbonyl (C=O) groups is 1. The Balaban J connectivity index is 1.51. The summed E-state index contributed by atoms with van der Waals surface area (Å²) in [5.41, 5.74) is 1.64. The highest BCUT2D eigenvalue weighted by Gasteiger charge is 2.11. The smallest absolute Gasteiger partial charge is 0.251 e. The van der Waals surface area contributed by atoms with Gasteiger partial charge >= 0.3 is 0 Å². The molecule has 1 aromatic carbocycles. The van der Waals surface area contributed by atoms with Crippen LogP contribution < -0.4 is 5.32 Å². The summed E-state index contributed by atoms with van der Waals surface area (Å²) in [4.78, 5) is 14.5. The van der Waals surface area contributed by atoms with E-state index in [1.54, 1.807) is 0 Å². The average molecular weight is 314 g/mol. The minimum atomic E-state index is -0.0413. The van der Waals surface area contributed by atoms with Gasteiger partial charge in [-0.2, -0.15) is 0 Å². The lowest BCUT2D eigenvalue weighted by Gasteiger charge is -2.26. The lowest BCUT2D eigenvalue weighted by Crippen LogP contribution is -2.41. The molecule has 5 nitrogen and oxygen atoms in total. The van der Waals surface area contributed by atoms with Gasteiger partial charge in [-0.3, -0.25) is 9.69 Å². The Bertz CT molecular complexity index is 643. The van der Waals surface area contributed by atoms with Crippen molar-refractivity contribution in [1.29, 1.82) is 0 Å². The number of morpholine rings is 1. The first-order valence-electron chi connectivity index (χ1n) is 7.97. The van der Waals surface area contributed by atoms with Gasteiger partial charge in [-0.1, -0.05) is 12.1 Å². The van der Waals surface area contributed by atoms with E-state index in [0.29, 0.717) is 12.1 Å². The van der Waals surface area contributed by atoms with E-state index in [1.807, 2.05) is 43.3 Å². The second kappa shape index (κ2) is 7.44. The minimum absolute atomic E-state index is 0.0413. The monoisotopic (exact) mass is 314 g/mol. The van der Waals surface area contributed by atoms with Crippen LogP contribution in [0, 0.1) is 6.92 Å². The lowest BCUT2D eigenvalue weighted by molar-refractivity contribution is 0.0383. The molecule has 2 heterocycles. The van der Waals surface area contributed by atoms with E-state index < -0.39 is 0 Å². The quantitative estimate of drug-likeness (QED) is 0.920. The molecule has 1 N–H and O–H groups in total. The van der Waals surface area contributed by atoms with Gasteiger partial charge in [0.25, 0.3) is 5.91 Å². The summed E-state index contributed by atoms with van der Waals surface area (Å²) in [5, 5.41) is 2.96. The SMILES string of the molecule is Cc1ccc(-c2ccc(C(=O)NCCN3CCOCC3)cc2)o1. The molecule has 0 radical (unpaired) electrons. The van der Waals surface area contributed by atoms with Crippen LogP contribution in [0.25, 0.3) is 11.3 Å². The molecule has 1 aliphatic rings. The van der Waals surface area contributed by atoms with Crippen LogP contribution in [0.2, 0.25) is 0 Å². The van der Waals surface area contributed by atoms with Crippen molar-refractivity contribution in [3.63, 3.8) is 0 Å². The van der Waals surface area contributed by atoms with E-state index in [1.165, 1.54) is 0 Å². The van der Waals surface area contributed by atoms with E-state index in [2.05, 4.69) is 10.2 Å². The summed E-state index contributed by atoms with van der Waals surface area (Å²) >= 11 is 0. The van der Waals surface area contributed by atoms with Gasteiger partial charge in [-0.15, -0.1) is 0 Å². The zero-order valence-corrected chi connectivity index (χ0v) is 13.4. The maximum Gasteiger partial charge on any atom is 0.251 e. The number of ether oxygens (including phenoxy) is 1. The minimum Gasteiger partial charge on any atom is -0.461 e. The van der Waals surface area contributed by atoms with Crippen LogP contribution in [0.5, 0.6) is 0 Å². The first kappa shape index (κ1) is 15.8. The number of nitrogens with zero attached hydrogens (tertiary/aromatic N) is 1. The normalized spacial score (nSPS) is 15.5. The number of hydrogen-bond donors (Lipinski definition) is 1. The summed E-state index contributed by atoms with van der Waals surface area (Å²) in [6.07, 6.45) is 0. The van der Waals surface area contributed by atoms with Crippen molar-refractivity contribution in [2.45, 2.75) is 6.92 Å². The molecule has 5 heteroatoms. The maximum atomic E-state index is 12.2. The van der Waals surface area contributed by atoms with E-state index in [0.717, 1.165) is 49.9 Å². The predicted octanol–water partition coefficient (Wildman–Crippen LogP) is 2.32. The van der Waals surface area contributed by atoms with Gasteiger partial charge in [0, 0.05) is 37.3 Å². The number of hydrogen-bond acceptors (Lipinski definition) is 4. The largest absolute Gasteiger partial charge is 0.461 e. The average Bonchev–Trinajstić information content (AvgIpc) is 3.02. The second-order valence-electron chi connectivity index (χ2n) is 5.70. The molecule has 0 unspecified atom stereocenters. The Hall–Kier alpha value is -2.11. The molecule has 1 saturated heterocycles. The Morgan fingerprint density at radius 1 is 1.13 bits per heavy atom. The van der Waals surface area contributed by atoms with Crippen LogP contribution in [0.15, 0.2) is 40.8 Å². The third-order valence-corrected chi connectivity index (χ3v) is 3.99. The highest BCUT2D eigenvalue weighted by atomic mass is 16.5. The third-order valence-electron chi connectivity index (χ3n) is 3.99. The Morgan fingerprint density at radius 2 is 1.87 bits per heavy atom. The molecule has 2 aromatic rings. The van der Waals surface area contributed by atoms with E-state index in [4.69, 9.17) is 9.15 Å². The number of carbonyl (C=O) groups excluding carboxylic acids is 1. The number of rotatable bonds is 5. The molecule has 1 aliphatic heterocycles. The van der Waals surface area contributed by atoms with Gasteiger partial charge in [0.15, 0.2) is 0 Å². The third kappa shape index (κ3) is 4.21. The molecule has 0 bridgehead atoms. The molecular weight excluding hydrogens is 292 g/mol. The fourth-order valence-electron chi connectivity index (χ4n) is 2.63. The Labute approximate surface area is 136 Å². The summed E-state index contributed by atoms with van der Waals surface area (Å²) in [5.74, 6) is 1.66. The van der Waals surface area contributed by atoms with Crippen molar-refractivity contribution in [2.75, 3.05) is 39.4 Å². The Morgan fingerprint density at radius 3 is 2.52 bits per heavy atom. The first-order chi connectivity index (χ1) is 11.2. The lowest BCUT2D eigenvalue weighted by atomic mass is 10.1. The van der Waals surface area contributed by atoms with Crippen molar-refractivity contribution in [3.05, 3.63) is 47.7 Å². The van der Waals surface area contributed by atoms with Crippen LogP contribution in [0.3, 0.4) is 0 Å². The molecular formula is C18H22N2O3. The fourth-order valence-corrected chi connectivity index (χ4v) is 2.63. The van der Waals surface area contributed by atoms with Crippen molar-refractivity contribution in [1.82, 2.24) is 10.2 Å². The van der Waals surface area contributed by atoms with Crippen LogP contribution in [-0.4, -0.2) is 50.2 Å². The standard InChI is InChI=1S/C18H22N2O3/c1-14-2-7-17(23-14)15-3-5-16(6-4-15)18(21)19-8-9-20-10-12-22-13-11-20/h2-7H,8-13H2,1H3,(H,19,21). The fraction of sp³-hybridized carbons (Fsp3) is 0.389. The number of nitrogens with one attached hydrogen (secondary N) is 1. The van der Waals surface area contributed by atoms with Crippen LogP contribution in [-0.2, 0) is 4.74 Å². The van der Waals surface area contributed by atoms with Crippen molar-refractivity contribution < 1.29 is 13.9 Å². The predicted molar refractivity (Wildman–Crippen MR) is 88.5 cm³/mol. The number of amides is 1.